The maximum absolute atomic E-state index is 5.91. The van der Waals surface area contributed by atoms with Crippen LogP contribution < -0.4 is 15.4 Å². The lowest BCUT2D eigenvalue weighted by atomic mass is 10.0. The molecule has 1 aliphatic rings. The number of hydrogen-bond donors (Lipinski definition) is 2. The van der Waals surface area contributed by atoms with Crippen LogP contribution in [0.25, 0.3) is 0 Å². The van der Waals surface area contributed by atoms with Crippen LogP contribution in [0.5, 0.6) is 5.75 Å². The smallest absolute Gasteiger partial charge is 0.191 e. The number of methoxy groups -OCH3 is 1. The predicted octanol–water partition coefficient (Wildman–Crippen LogP) is 2.43. The second-order valence-corrected chi connectivity index (χ2v) is 7.99. The van der Waals surface area contributed by atoms with Crippen LogP contribution in [0.3, 0.4) is 0 Å². The summed E-state index contributed by atoms with van der Waals surface area (Å²) in [5, 5.41) is 6.92. The summed E-state index contributed by atoms with van der Waals surface area (Å²) in [4.78, 5) is 7.34. The van der Waals surface area contributed by atoms with Crippen molar-refractivity contribution in [3.63, 3.8) is 0 Å². The minimum Gasteiger partial charge on any atom is -0.491 e. The molecule has 0 amide bonds. The Labute approximate surface area is 182 Å². The fourth-order valence-electron chi connectivity index (χ4n) is 3.56. The average molecular weight is 421 g/mol. The molecule has 1 aromatic carbocycles. The van der Waals surface area contributed by atoms with Crippen LogP contribution in [0.2, 0.25) is 0 Å². The summed E-state index contributed by atoms with van der Waals surface area (Å²) in [7, 11) is 1.68. The summed E-state index contributed by atoms with van der Waals surface area (Å²) in [5.41, 5.74) is 2.24. The Balaban J connectivity index is 2.02. The van der Waals surface area contributed by atoms with Crippen LogP contribution in [0.1, 0.15) is 31.9 Å². The van der Waals surface area contributed by atoms with Gasteiger partial charge in [0.2, 0.25) is 0 Å². The van der Waals surface area contributed by atoms with Crippen molar-refractivity contribution < 1.29 is 14.2 Å². The number of aliphatic imine (C=N–C) groups is 1. The van der Waals surface area contributed by atoms with Crippen LogP contribution in [-0.4, -0.2) is 76.6 Å². The van der Waals surface area contributed by atoms with Crippen LogP contribution in [0.4, 0.5) is 0 Å². The minimum absolute atomic E-state index is 0.449. The third-order valence-electron chi connectivity index (χ3n) is 5.28. The molecule has 7 nitrogen and oxygen atoms in total. The molecular weight excluding hydrogens is 380 g/mol. The van der Waals surface area contributed by atoms with Crippen molar-refractivity contribution in [1.82, 2.24) is 15.5 Å². The number of morpholine rings is 1. The monoisotopic (exact) mass is 420 g/mol. The van der Waals surface area contributed by atoms with Crippen molar-refractivity contribution in [1.29, 1.82) is 0 Å². The molecule has 170 valence electrons. The van der Waals surface area contributed by atoms with Gasteiger partial charge >= 0.3 is 0 Å². The van der Waals surface area contributed by atoms with Crippen LogP contribution in [0, 0.1) is 12.8 Å². The molecule has 0 radical (unpaired) electrons. The molecule has 2 rings (SSSR count). The summed E-state index contributed by atoms with van der Waals surface area (Å²) in [5.74, 6) is 2.26. The fourth-order valence-corrected chi connectivity index (χ4v) is 3.56. The highest BCUT2D eigenvalue weighted by Crippen LogP contribution is 2.21. The number of benzene rings is 1. The largest absolute Gasteiger partial charge is 0.491 e. The maximum atomic E-state index is 5.91. The van der Waals surface area contributed by atoms with Gasteiger partial charge in [-0.1, -0.05) is 26.0 Å². The second kappa shape index (κ2) is 13.5. The number of hydrogen-bond acceptors (Lipinski definition) is 5. The summed E-state index contributed by atoms with van der Waals surface area (Å²) in [6, 6.07) is 6.70. The van der Waals surface area contributed by atoms with E-state index >= 15 is 0 Å². The zero-order chi connectivity index (χ0) is 21.8. The average Bonchev–Trinajstić information content (AvgIpc) is 2.74. The second-order valence-electron chi connectivity index (χ2n) is 7.99. The molecule has 1 aliphatic heterocycles. The van der Waals surface area contributed by atoms with Gasteiger partial charge in [0.05, 0.1) is 26.4 Å². The van der Waals surface area contributed by atoms with Crippen LogP contribution in [0.15, 0.2) is 23.2 Å². The molecule has 0 bridgehead atoms. The van der Waals surface area contributed by atoms with Crippen molar-refractivity contribution >= 4 is 5.96 Å². The Bertz CT molecular complexity index is 645. The zero-order valence-electron chi connectivity index (χ0n) is 19.4. The number of nitrogens with zero attached hydrogens (tertiary/aromatic N) is 2. The van der Waals surface area contributed by atoms with Gasteiger partial charge < -0.3 is 24.8 Å². The Morgan fingerprint density at radius 1 is 1.20 bits per heavy atom. The van der Waals surface area contributed by atoms with E-state index in [1.807, 2.05) is 0 Å². The molecular formula is C23H40N4O3. The molecule has 1 saturated heterocycles. The number of guanidine groups is 1. The fraction of sp³-hybridized carbons (Fsp3) is 0.696. The standard InChI is InChI=1S/C23H40N4O3/c1-6-24-23(26-17-21(18(2)3)27-9-11-29-12-10-27)25-16-20-8-7-19(4)15-22(20)30-14-13-28-5/h7-8,15,18,21H,6,9-14,16-17H2,1-5H3,(H2,24,25,26). The van der Waals surface area contributed by atoms with Gasteiger partial charge in [-0.05, 0) is 31.4 Å². The van der Waals surface area contributed by atoms with E-state index in [9.17, 15) is 0 Å². The van der Waals surface area contributed by atoms with Crippen molar-refractivity contribution in [3.05, 3.63) is 29.3 Å². The van der Waals surface area contributed by atoms with Gasteiger partial charge in [0.25, 0.3) is 0 Å². The molecule has 0 aromatic heterocycles. The van der Waals surface area contributed by atoms with Crippen LogP contribution >= 0.6 is 0 Å². The molecule has 7 heteroatoms. The van der Waals surface area contributed by atoms with E-state index in [0.717, 1.165) is 56.7 Å². The van der Waals surface area contributed by atoms with Gasteiger partial charge in [-0.25, -0.2) is 4.99 Å². The first-order valence-corrected chi connectivity index (χ1v) is 11.1. The summed E-state index contributed by atoms with van der Waals surface area (Å²) in [6.45, 7) is 15.7. The van der Waals surface area contributed by atoms with E-state index in [1.54, 1.807) is 7.11 Å². The van der Waals surface area contributed by atoms with E-state index in [1.165, 1.54) is 5.56 Å². The molecule has 0 spiro atoms. The van der Waals surface area contributed by atoms with E-state index < -0.39 is 0 Å². The minimum atomic E-state index is 0.449. The molecule has 2 N–H and O–H groups in total. The number of nitrogens with one attached hydrogen (secondary N) is 2. The molecule has 0 aliphatic carbocycles. The van der Waals surface area contributed by atoms with E-state index in [4.69, 9.17) is 19.2 Å². The summed E-state index contributed by atoms with van der Waals surface area (Å²) >= 11 is 0. The number of aryl methyl sites for hydroxylation is 1. The first-order valence-electron chi connectivity index (χ1n) is 11.1. The van der Waals surface area contributed by atoms with Gasteiger partial charge in [0.1, 0.15) is 12.4 Å². The first-order chi connectivity index (χ1) is 14.5. The van der Waals surface area contributed by atoms with Gasteiger partial charge in [0.15, 0.2) is 5.96 Å². The highest BCUT2D eigenvalue weighted by atomic mass is 16.5. The molecule has 1 heterocycles. The lowest BCUT2D eigenvalue weighted by molar-refractivity contribution is 0.00752. The summed E-state index contributed by atoms with van der Waals surface area (Å²) in [6.07, 6.45) is 0. The topological polar surface area (TPSA) is 67.4 Å². The number of rotatable bonds is 11. The Morgan fingerprint density at radius 3 is 2.63 bits per heavy atom. The van der Waals surface area contributed by atoms with Gasteiger partial charge in [0, 0.05) is 44.9 Å². The van der Waals surface area contributed by atoms with Gasteiger partial charge in [-0.15, -0.1) is 0 Å². The van der Waals surface area contributed by atoms with Crippen molar-refractivity contribution in [2.75, 3.05) is 59.7 Å². The quantitative estimate of drug-likeness (QED) is 0.326. The Morgan fingerprint density at radius 2 is 1.97 bits per heavy atom. The predicted molar refractivity (Wildman–Crippen MR) is 122 cm³/mol. The molecule has 1 aromatic rings. The van der Waals surface area contributed by atoms with E-state index in [0.29, 0.717) is 31.7 Å². The third-order valence-corrected chi connectivity index (χ3v) is 5.28. The maximum Gasteiger partial charge on any atom is 0.191 e. The molecule has 30 heavy (non-hydrogen) atoms. The SMILES string of the molecule is CCNC(=NCc1ccc(C)cc1OCCOC)NCC(C(C)C)N1CCOCC1. The van der Waals surface area contributed by atoms with E-state index in [2.05, 4.69) is 61.4 Å². The molecule has 1 fully saturated rings. The molecule has 1 atom stereocenters. The van der Waals surface area contributed by atoms with Gasteiger partial charge in [-0.3, -0.25) is 4.90 Å². The highest BCUT2D eigenvalue weighted by Gasteiger charge is 2.23. The Kier molecular flexibility index (Phi) is 11.0. The van der Waals surface area contributed by atoms with Crippen molar-refractivity contribution in [2.24, 2.45) is 10.9 Å². The normalized spacial score (nSPS) is 16.5. The highest BCUT2D eigenvalue weighted by molar-refractivity contribution is 5.79. The van der Waals surface area contributed by atoms with Crippen LogP contribution in [-0.2, 0) is 16.0 Å². The number of ether oxygens (including phenoxy) is 3. The third kappa shape index (κ3) is 8.13. The van der Waals surface area contributed by atoms with Crippen molar-refractivity contribution in [3.8, 4) is 5.75 Å². The van der Waals surface area contributed by atoms with E-state index in [-0.39, 0.29) is 0 Å². The lowest BCUT2D eigenvalue weighted by Crippen LogP contribution is -2.52. The first kappa shape index (κ1) is 24.4. The van der Waals surface area contributed by atoms with Crippen molar-refractivity contribution in [2.45, 2.75) is 40.3 Å². The molecule has 1 unspecified atom stereocenters. The lowest BCUT2D eigenvalue weighted by Gasteiger charge is -2.37. The molecule has 0 saturated carbocycles. The van der Waals surface area contributed by atoms with Gasteiger partial charge in [-0.2, -0.15) is 0 Å². The zero-order valence-corrected chi connectivity index (χ0v) is 19.4. The summed E-state index contributed by atoms with van der Waals surface area (Å²) < 4.78 is 16.5. The Hall–Kier alpha value is -1.83.